The average molecular weight is 261 g/mol. The fourth-order valence-corrected chi connectivity index (χ4v) is 1.56. The van der Waals surface area contributed by atoms with E-state index in [0.717, 1.165) is 5.56 Å². The lowest BCUT2D eigenvalue weighted by Gasteiger charge is -2.18. The van der Waals surface area contributed by atoms with Crippen LogP contribution < -0.4 is 5.32 Å². The summed E-state index contributed by atoms with van der Waals surface area (Å²) in [5.74, 6) is -4.27. The van der Waals surface area contributed by atoms with Crippen molar-refractivity contribution in [1.82, 2.24) is 0 Å². The van der Waals surface area contributed by atoms with Crippen molar-refractivity contribution in [2.24, 2.45) is 5.92 Å². The molecule has 0 heterocycles. The molecule has 0 aliphatic carbocycles. The number of carboxylic acids is 1. The molecule has 0 aliphatic heterocycles. The monoisotopic (exact) mass is 261 g/mol. The van der Waals surface area contributed by atoms with Crippen molar-refractivity contribution in [3.05, 3.63) is 29.8 Å². The molecule has 0 radical (unpaired) electrons. The molecule has 1 rings (SSSR count). The molecule has 0 spiro atoms. The molecular weight excluding hydrogens is 247 g/mol. The molecule has 0 saturated carbocycles. The first-order valence-electron chi connectivity index (χ1n) is 5.47. The Hall–Kier alpha value is -1.72. The van der Waals surface area contributed by atoms with Crippen LogP contribution in [0, 0.1) is 5.92 Å². The van der Waals surface area contributed by atoms with Gasteiger partial charge in [-0.05, 0) is 18.1 Å². The molecule has 1 atom stereocenters. The number of para-hydroxylation sites is 1. The lowest BCUT2D eigenvalue weighted by Crippen LogP contribution is -2.36. The SMILES string of the molecule is CCc1ccccc1NCC(C(=O)O)C(F)(F)F. The number of aryl methyl sites for hydroxylation is 1. The van der Waals surface area contributed by atoms with Crippen molar-refractivity contribution < 1.29 is 23.1 Å². The van der Waals surface area contributed by atoms with Crippen LogP contribution in [-0.4, -0.2) is 23.8 Å². The van der Waals surface area contributed by atoms with Gasteiger partial charge < -0.3 is 10.4 Å². The van der Waals surface area contributed by atoms with Gasteiger partial charge in [-0.3, -0.25) is 4.79 Å². The van der Waals surface area contributed by atoms with Crippen LogP contribution in [0.25, 0.3) is 0 Å². The van der Waals surface area contributed by atoms with Crippen LogP contribution in [0.3, 0.4) is 0 Å². The summed E-state index contributed by atoms with van der Waals surface area (Å²) in [5.41, 5.74) is 1.39. The highest BCUT2D eigenvalue weighted by Crippen LogP contribution is 2.27. The van der Waals surface area contributed by atoms with E-state index in [2.05, 4.69) is 5.32 Å². The molecule has 18 heavy (non-hydrogen) atoms. The molecule has 2 N–H and O–H groups in total. The van der Waals surface area contributed by atoms with Gasteiger partial charge in [0.1, 0.15) is 0 Å². The van der Waals surface area contributed by atoms with Crippen molar-refractivity contribution in [2.45, 2.75) is 19.5 Å². The molecule has 6 heteroatoms. The number of aliphatic carboxylic acids is 1. The number of carbonyl (C=O) groups is 1. The predicted octanol–water partition coefficient (Wildman–Crippen LogP) is 2.92. The van der Waals surface area contributed by atoms with Gasteiger partial charge in [-0.2, -0.15) is 13.2 Å². The molecule has 0 amide bonds. The van der Waals surface area contributed by atoms with E-state index in [-0.39, 0.29) is 0 Å². The molecule has 0 aromatic heterocycles. The van der Waals surface area contributed by atoms with E-state index >= 15 is 0 Å². The van der Waals surface area contributed by atoms with Crippen molar-refractivity contribution in [3.8, 4) is 0 Å². The Bertz CT molecular complexity index is 418. The first-order valence-corrected chi connectivity index (χ1v) is 5.47. The van der Waals surface area contributed by atoms with E-state index in [1.54, 1.807) is 24.3 Å². The number of alkyl halides is 3. The van der Waals surface area contributed by atoms with E-state index in [9.17, 15) is 18.0 Å². The summed E-state index contributed by atoms with van der Waals surface area (Å²) in [6.07, 6.45) is -4.09. The van der Waals surface area contributed by atoms with Crippen molar-refractivity contribution in [2.75, 3.05) is 11.9 Å². The van der Waals surface area contributed by atoms with Gasteiger partial charge in [0, 0.05) is 12.2 Å². The Labute approximate surface area is 103 Å². The predicted molar refractivity (Wildman–Crippen MR) is 61.5 cm³/mol. The molecule has 3 nitrogen and oxygen atoms in total. The second-order valence-corrected chi connectivity index (χ2v) is 3.82. The lowest BCUT2D eigenvalue weighted by molar-refractivity contribution is -0.190. The van der Waals surface area contributed by atoms with Gasteiger partial charge in [-0.1, -0.05) is 25.1 Å². The summed E-state index contributed by atoms with van der Waals surface area (Å²) >= 11 is 0. The van der Waals surface area contributed by atoms with E-state index < -0.39 is 24.6 Å². The maximum absolute atomic E-state index is 12.4. The minimum absolute atomic E-state index is 0.538. The third kappa shape index (κ3) is 3.65. The zero-order valence-corrected chi connectivity index (χ0v) is 9.79. The van der Waals surface area contributed by atoms with E-state index in [4.69, 9.17) is 5.11 Å². The molecule has 1 unspecified atom stereocenters. The van der Waals surface area contributed by atoms with Crippen molar-refractivity contribution >= 4 is 11.7 Å². The minimum atomic E-state index is -4.75. The normalized spacial score (nSPS) is 13.1. The summed E-state index contributed by atoms with van der Waals surface area (Å²) in [4.78, 5) is 10.6. The number of halogens is 3. The summed E-state index contributed by atoms with van der Waals surface area (Å²) < 4.78 is 37.3. The Morgan fingerprint density at radius 2 is 2.00 bits per heavy atom. The molecule has 0 aliphatic rings. The maximum Gasteiger partial charge on any atom is 0.403 e. The molecule has 0 fully saturated rings. The van der Waals surface area contributed by atoms with Gasteiger partial charge in [0.25, 0.3) is 0 Å². The number of nitrogens with one attached hydrogen (secondary N) is 1. The fourth-order valence-electron chi connectivity index (χ4n) is 1.56. The molecule has 0 bridgehead atoms. The van der Waals surface area contributed by atoms with Gasteiger partial charge in [-0.15, -0.1) is 0 Å². The van der Waals surface area contributed by atoms with Crippen LogP contribution in [0.4, 0.5) is 18.9 Å². The summed E-state index contributed by atoms with van der Waals surface area (Å²) in [5, 5.41) is 11.1. The number of anilines is 1. The minimum Gasteiger partial charge on any atom is -0.481 e. The third-order valence-electron chi connectivity index (χ3n) is 2.59. The van der Waals surface area contributed by atoms with Crippen LogP contribution in [0.1, 0.15) is 12.5 Å². The average Bonchev–Trinajstić information content (AvgIpc) is 2.27. The van der Waals surface area contributed by atoms with Crippen LogP contribution in [0.15, 0.2) is 24.3 Å². The Morgan fingerprint density at radius 3 is 2.50 bits per heavy atom. The lowest BCUT2D eigenvalue weighted by atomic mass is 10.1. The molecule has 1 aromatic rings. The highest BCUT2D eigenvalue weighted by atomic mass is 19.4. The van der Waals surface area contributed by atoms with Gasteiger partial charge in [0.05, 0.1) is 0 Å². The largest absolute Gasteiger partial charge is 0.481 e. The van der Waals surface area contributed by atoms with Crippen molar-refractivity contribution in [3.63, 3.8) is 0 Å². The zero-order chi connectivity index (χ0) is 13.8. The molecule has 100 valence electrons. The quantitative estimate of drug-likeness (QED) is 0.856. The van der Waals surface area contributed by atoms with Gasteiger partial charge >= 0.3 is 12.1 Å². The highest BCUT2D eigenvalue weighted by Gasteiger charge is 2.44. The van der Waals surface area contributed by atoms with E-state index in [1.807, 2.05) is 6.92 Å². The Balaban J connectivity index is 2.77. The zero-order valence-electron chi connectivity index (χ0n) is 9.79. The maximum atomic E-state index is 12.4. The van der Waals surface area contributed by atoms with Crippen LogP contribution in [0.5, 0.6) is 0 Å². The smallest absolute Gasteiger partial charge is 0.403 e. The van der Waals surface area contributed by atoms with Crippen molar-refractivity contribution in [1.29, 1.82) is 0 Å². The highest BCUT2D eigenvalue weighted by molar-refractivity contribution is 5.72. The Kier molecular flexibility index (Phi) is 4.58. The summed E-state index contributed by atoms with van der Waals surface area (Å²) in [6, 6.07) is 6.88. The van der Waals surface area contributed by atoms with Gasteiger partial charge in [0.15, 0.2) is 5.92 Å². The first-order chi connectivity index (χ1) is 8.36. The first kappa shape index (κ1) is 14.3. The summed E-state index contributed by atoms with van der Waals surface area (Å²) in [7, 11) is 0. The van der Waals surface area contributed by atoms with Gasteiger partial charge in [-0.25, -0.2) is 0 Å². The molecular formula is C12H14F3NO2. The van der Waals surface area contributed by atoms with Crippen LogP contribution in [-0.2, 0) is 11.2 Å². The van der Waals surface area contributed by atoms with E-state index in [1.165, 1.54) is 0 Å². The Morgan fingerprint density at radius 1 is 1.39 bits per heavy atom. The number of hydrogen-bond donors (Lipinski definition) is 2. The summed E-state index contributed by atoms with van der Waals surface area (Å²) in [6.45, 7) is 1.20. The standard InChI is InChI=1S/C12H14F3NO2/c1-2-8-5-3-4-6-10(8)16-7-9(11(17)18)12(13,14)15/h3-6,9,16H,2,7H2,1H3,(H,17,18). The molecule has 0 saturated heterocycles. The third-order valence-corrected chi connectivity index (χ3v) is 2.59. The number of carboxylic acid groups (broad SMARTS) is 1. The number of hydrogen-bond acceptors (Lipinski definition) is 2. The number of rotatable bonds is 5. The van der Waals surface area contributed by atoms with E-state index in [0.29, 0.717) is 12.1 Å². The second kappa shape index (κ2) is 5.75. The molecule has 1 aromatic carbocycles. The number of benzene rings is 1. The van der Waals surface area contributed by atoms with Gasteiger partial charge in [0.2, 0.25) is 0 Å². The fraction of sp³-hybridized carbons (Fsp3) is 0.417. The van der Waals surface area contributed by atoms with Crippen LogP contribution in [0.2, 0.25) is 0 Å². The topological polar surface area (TPSA) is 49.3 Å². The second-order valence-electron chi connectivity index (χ2n) is 3.82. The van der Waals surface area contributed by atoms with Crippen LogP contribution >= 0.6 is 0 Å².